The monoisotopic (exact) mass is 191 g/mol. The predicted octanol–water partition coefficient (Wildman–Crippen LogP) is 3.46. The molecular weight excluding hydrogens is 178 g/mol. The van der Waals surface area contributed by atoms with Crippen LogP contribution in [0, 0.1) is 0 Å². The van der Waals surface area contributed by atoms with E-state index in [0.29, 0.717) is 0 Å². The summed E-state index contributed by atoms with van der Waals surface area (Å²) in [4.78, 5) is 2.83. The summed E-state index contributed by atoms with van der Waals surface area (Å²) in [5, 5.41) is 3.72. The van der Waals surface area contributed by atoms with Crippen LogP contribution < -0.4 is 4.74 Å². The zero-order valence-corrected chi connectivity index (χ0v) is 8.34. The van der Waals surface area contributed by atoms with Crippen molar-refractivity contribution in [1.29, 1.82) is 0 Å². The van der Waals surface area contributed by atoms with Gasteiger partial charge in [-0.1, -0.05) is 30.2 Å². The average Bonchev–Trinajstić information content (AvgIpc) is 2.26. The first kappa shape index (κ1) is 10.4. The van der Waals surface area contributed by atoms with Crippen molar-refractivity contribution in [3.8, 4) is 5.75 Å². The molecule has 0 radical (unpaired) electrons. The van der Waals surface area contributed by atoms with Crippen molar-refractivity contribution in [2.24, 2.45) is 5.11 Å². The van der Waals surface area contributed by atoms with E-state index in [4.69, 9.17) is 10.3 Å². The fraction of sp³-hybridized carbons (Fsp3) is 0.400. The van der Waals surface area contributed by atoms with Gasteiger partial charge in [-0.2, -0.15) is 0 Å². The van der Waals surface area contributed by atoms with Gasteiger partial charge in [0, 0.05) is 10.5 Å². The number of ether oxygens (including phenoxy) is 1. The van der Waals surface area contributed by atoms with Crippen LogP contribution >= 0.6 is 0 Å². The van der Waals surface area contributed by atoms with Gasteiger partial charge in [0.05, 0.1) is 13.2 Å². The first-order chi connectivity index (χ1) is 6.83. The Bertz CT molecular complexity index is 345. The van der Waals surface area contributed by atoms with Crippen LogP contribution in [0.2, 0.25) is 0 Å². The molecule has 0 saturated carbocycles. The van der Waals surface area contributed by atoms with Gasteiger partial charge < -0.3 is 4.74 Å². The minimum atomic E-state index is -0.142. The van der Waals surface area contributed by atoms with Gasteiger partial charge in [-0.15, -0.1) is 0 Å². The van der Waals surface area contributed by atoms with E-state index in [0.717, 1.165) is 17.7 Å². The Morgan fingerprint density at radius 1 is 1.50 bits per heavy atom. The highest BCUT2D eigenvalue weighted by Gasteiger charge is 2.11. The summed E-state index contributed by atoms with van der Waals surface area (Å²) in [5.41, 5.74) is 9.35. The average molecular weight is 191 g/mol. The van der Waals surface area contributed by atoms with Gasteiger partial charge in [-0.05, 0) is 18.0 Å². The van der Waals surface area contributed by atoms with Crippen LogP contribution in [-0.2, 0) is 0 Å². The van der Waals surface area contributed by atoms with Crippen LogP contribution in [0.5, 0.6) is 5.75 Å². The molecule has 0 fully saturated rings. The molecule has 0 aliphatic heterocycles. The van der Waals surface area contributed by atoms with Crippen LogP contribution in [0.1, 0.15) is 24.9 Å². The summed E-state index contributed by atoms with van der Waals surface area (Å²) >= 11 is 0. The topological polar surface area (TPSA) is 58.0 Å². The Morgan fingerprint density at radius 2 is 2.21 bits per heavy atom. The van der Waals surface area contributed by atoms with Crippen molar-refractivity contribution < 1.29 is 4.74 Å². The number of benzene rings is 1. The molecule has 0 heterocycles. The summed E-state index contributed by atoms with van der Waals surface area (Å²) in [6.07, 6.45) is 0.768. The lowest BCUT2D eigenvalue weighted by Gasteiger charge is -2.12. The molecule has 0 saturated heterocycles. The second kappa shape index (κ2) is 5.14. The fourth-order valence-corrected chi connectivity index (χ4v) is 1.37. The van der Waals surface area contributed by atoms with Gasteiger partial charge in [0.2, 0.25) is 0 Å². The Balaban J connectivity index is 3.08. The van der Waals surface area contributed by atoms with Gasteiger partial charge in [-0.25, -0.2) is 0 Å². The van der Waals surface area contributed by atoms with Crippen molar-refractivity contribution in [2.75, 3.05) is 7.11 Å². The SMILES string of the molecule is CC[C@H](N=[N+]=[N-])c1ccccc1OC. The van der Waals surface area contributed by atoms with Crippen LogP contribution in [0.25, 0.3) is 10.4 Å². The molecule has 74 valence electrons. The smallest absolute Gasteiger partial charge is 0.122 e. The molecule has 1 aromatic rings. The maximum atomic E-state index is 8.41. The van der Waals surface area contributed by atoms with Crippen molar-refractivity contribution >= 4 is 0 Å². The molecule has 0 unspecified atom stereocenters. The Hall–Kier alpha value is -1.67. The van der Waals surface area contributed by atoms with Crippen LogP contribution in [0.15, 0.2) is 29.4 Å². The minimum absolute atomic E-state index is 0.142. The van der Waals surface area contributed by atoms with Crippen LogP contribution in [-0.4, -0.2) is 7.11 Å². The highest BCUT2D eigenvalue weighted by Crippen LogP contribution is 2.29. The van der Waals surface area contributed by atoms with E-state index >= 15 is 0 Å². The van der Waals surface area contributed by atoms with E-state index in [2.05, 4.69) is 10.0 Å². The highest BCUT2D eigenvalue weighted by molar-refractivity contribution is 5.35. The maximum absolute atomic E-state index is 8.41. The number of rotatable bonds is 4. The van der Waals surface area contributed by atoms with Gasteiger partial charge in [0.25, 0.3) is 0 Å². The molecule has 1 atom stereocenters. The van der Waals surface area contributed by atoms with Gasteiger partial charge in [0.15, 0.2) is 0 Å². The van der Waals surface area contributed by atoms with E-state index in [1.54, 1.807) is 7.11 Å². The highest BCUT2D eigenvalue weighted by atomic mass is 16.5. The van der Waals surface area contributed by atoms with Gasteiger partial charge >= 0.3 is 0 Å². The van der Waals surface area contributed by atoms with Crippen molar-refractivity contribution in [2.45, 2.75) is 19.4 Å². The molecule has 0 N–H and O–H groups in total. The summed E-state index contributed by atoms with van der Waals surface area (Å²) < 4.78 is 5.19. The third-order valence-electron chi connectivity index (χ3n) is 2.08. The van der Waals surface area contributed by atoms with Crippen molar-refractivity contribution in [3.63, 3.8) is 0 Å². The Morgan fingerprint density at radius 3 is 2.79 bits per heavy atom. The number of hydrogen-bond donors (Lipinski definition) is 0. The number of azide groups is 1. The molecule has 14 heavy (non-hydrogen) atoms. The lowest BCUT2D eigenvalue weighted by molar-refractivity contribution is 0.405. The first-order valence-corrected chi connectivity index (χ1v) is 4.50. The van der Waals surface area contributed by atoms with E-state index in [1.807, 2.05) is 31.2 Å². The fourth-order valence-electron chi connectivity index (χ4n) is 1.37. The molecule has 0 aliphatic rings. The normalized spacial score (nSPS) is 11.6. The molecule has 4 nitrogen and oxygen atoms in total. The van der Waals surface area contributed by atoms with Crippen LogP contribution in [0.3, 0.4) is 0 Å². The molecular formula is C10H13N3O. The van der Waals surface area contributed by atoms with E-state index in [9.17, 15) is 0 Å². The molecule has 0 aliphatic carbocycles. The number of para-hydroxylation sites is 1. The molecule has 1 aromatic carbocycles. The van der Waals surface area contributed by atoms with Crippen LogP contribution in [0.4, 0.5) is 0 Å². The minimum Gasteiger partial charge on any atom is -0.496 e. The molecule has 0 aromatic heterocycles. The molecule has 1 rings (SSSR count). The van der Waals surface area contributed by atoms with Crippen molar-refractivity contribution in [1.82, 2.24) is 0 Å². The zero-order valence-electron chi connectivity index (χ0n) is 8.34. The van der Waals surface area contributed by atoms with E-state index in [1.165, 1.54) is 0 Å². The largest absolute Gasteiger partial charge is 0.496 e. The molecule has 0 spiro atoms. The second-order valence-corrected chi connectivity index (χ2v) is 2.87. The standard InChI is InChI=1S/C10H13N3O/c1-3-9(12-13-11)8-6-4-5-7-10(8)14-2/h4-7,9H,3H2,1-2H3/t9-/m0/s1. The number of nitrogens with zero attached hydrogens (tertiary/aromatic N) is 3. The maximum Gasteiger partial charge on any atom is 0.122 e. The Labute approximate surface area is 83.1 Å². The second-order valence-electron chi connectivity index (χ2n) is 2.87. The zero-order chi connectivity index (χ0) is 10.4. The van der Waals surface area contributed by atoms with E-state index in [-0.39, 0.29) is 6.04 Å². The van der Waals surface area contributed by atoms with E-state index < -0.39 is 0 Å². The van der Waals surface area contributed by atoms with Gasteiger partial charge in [-0.3, -0.25) is 0 Å². The lowest BCUT2D eigenvalue weighted by Crippen LogP contribution is -1.96. The number of hydrogen-bond acceptors (Lipinski definition) is 2. The third-order valence-corrected chi connectivity index (χ3v) is 2.08. The summed E-state index contributed by atoms with van der Waals surface area (Å²) in [6, 6.07) is 7.45. The quantitative estimate of drug-likeness (QED) is 0.408. The summed E-state index contributed by atoms with van der Waals surface area (Å²) in [6.45, 7) is 1.98. The van der Waals surface area contributed by atoms with Crippen molar-refractivity contribution in [3.05, 3.63) is 40.3 Å². The number of methoxy groups -OCH3 is 1. The third kappa shape index (κ3) is 2.18. The molecule has 4 heteroatoms. The first-order valence-electron chi connectivity index (χ1n) is 4.50. The summed E-state index contributed by atoms with van der Waals surface area (Å²) in [7, 11) is 1.61. The summed E-state index contributed by atoms with van der Waals surface area (Å²) in [5.74, 6) is 0.770. The Kier molecular flexibility index (Phi) is 3.83. The predicted molar refractivity (Wildman–Crippen MR) is 55.2 cm³/mol. The molecule has 0 amide bonds. The lowest BCUT2D eigenvalue weighted by atomic mass is 10.0. The van der Waals surface area contributed by atoms with Gasteiger partial charge in [0.1, 0.15) is 5.75 Å². The molecule has 0 bridgehead atoms.